The van der Waals surface area contributed by atoms with Crippen LogP contribution in [0.5, 0.6) is 0 Å². The van der Waals surface area contributed by atoms with E-state index in [0.717, 1.165) is 31.2 Å². The summed E-state index contributed by atoms with van der Waals surface area (Å²) in [6.07, 6.45) is 4.68. The quantitative estimate of drug-likeness (QED) is 0.275. The number of carbonyl (C=O) groups is 4. The van der Waals surface area contributed by atoms with E-state index in [2.05, 4.69) is 29.1 Å². The SMILES string of the molecule is C=CC1C[C@]1(NC(=O)[C@@H]1C[C@@H](OCC#Cc2ccccc2)CC1C(=O)[C@@H](NC(=O)OC1CCCC1)C(C)C)C(=O)O. The number of hydrogen-bond acceptors (Lipinski definition) is 6. The van der Waals surface area contributed by atoms with Gasteiger partial charge in [0, 0.05) is 17.4 Å². The van der Waals surface area contributed by atoms with Crippen molar-refractivity contribution >= 4 is 23.8 Å². The van der Waals surface area contributed by atoms with Gasteiger partial charge in [-0.1, -0.05) is 50.0 Å². The van der Waals surface area contributed by atoms with Crippen molar-refractivity contribution in [2.45, 2.75) is 82.6 Å². The van der Waals surface area contributed by atoms with Gasteiger partial charge in [0.25, 0.3) is 0 Å². The molecule has 2 unspecified atom stereocenters. The van der Waals surface area contributed by atoms with Gasteiger partial charge in [0.05, 0.1) is 18.1 Å². The number of aliphatic carboxylic acids is 1. The van der Waals surface area contributed by atoms with E-state index in [4.69, 9.17) is 9.47 Å². The molecule has 0 heterocycles. The summed E-state index contributed by atoms with van der Waals surface area (Å²) in [6.45, 7) is 7.45. The number of carboxylic acids is 1. The standard InChI is InChI=1S/C32H40N2O7/c1-4-22-19-32(22,30(37)38)34-29(36)26-18-24(40-16-10-13-21-11-6-5-7-12-21)17-25(26)28(35)27(20(2)3)33-31(39)41-23-14-8-9-15-23/h4-7,11-12,20,22-27H,1,8-9,14-19H2,2-3H3,(H,33,39)(H,34,36)(H,37,38)/t22?,24-,25?,26+,27-,32+/m0/s1. The van der Waals surface area contributed by atoms with E-state index in [1.54, 1.807) is 0 Å². The smallest absolute Gasteiger partial charge is 0.408 e. The molecule has 41 heavy (non-hydrogen) atoms. The van der Waals surface area contributed by atoms with Gasteiger partial charge in [-0.25, -0.2) is 9.59 Å². The van der Waals surface area contributed by atoms with E-state index >= 15 is 0 Å². The number of ether oxygens (including phenoxy) is 2. The highest BCUT2D eigenvalue weighted by Gasteiger charge is 2.61. The Hall–Kier alpha value is -3.64. The van der Waals surface area contributed by atoms with Crippen molar-refractivity contribution in [3.8, 4) is 11.8 Å². The Bertz CT molecular complexity index is 1200. The van der Waals surface area contributed by atoms with Gasteiger partial charge < -0.3 is 25.2 Å². The molecule has 0 spiro atoms. The summed E-state index contributed by atoms with van der Waals surface area (Å²) in [6, 6.07) is 8.61. The van der Waals surface area contributed by atoms with Crippen molar-refractivity contribution in [3.05, 3.63) is 48.6 Å². The normalized spacial score (nSPS) is 27.8. The van der Waals surface area contributed by atoms with Gasteiger partial charge in [0.1, 0.15) is 18.2 Å². The molecule has 3 aliphatic rings. The summed E-state index contributed by atoms with van der Waals surface area (Å²) in [5.41, 5.74) is -0.559. The number of nitrogens with one attached hydrogen (secondary N) is 2. The summed E-state index contributed by atoms with van der Waals surface area (Å²) in [5.74, 6) is 1.86. The van der Waals surface area contributed by atoms with Crippen LogP contribution in [0.2, 0.25) is 0 Å². The maximum Gasteiger partial charge on any atom is 0.408 e. The molecule has 9 nitrogen and oxygen atoms in total. The Morgan fingerprint density at radius 3 is 2.39 bits per heavy atom. The lowest BCUT2D eigenvalue weighted by molar-refractivity contribution is -0.144. The van der Waals surface area contributed by atoms with E-state index in [1.165, 1.54) is 6.08 Å². The summed E-state index contributed by atoms with van der Waals surface area (Å²) in [5, 5.41) is 15.3. The average Bonchev–Trinajstić information content (AvgIpc) is 3.24. The van der Waals surface area contributed by atoms with Crippen LogP contribution in [0.1, 0.15) is 64.4 Å². The van der Waals surface area contributed by atoms with Crippen molar-refractivity contribution in [1.29, 1.82) is 0 Å². The van der Waals surface area contributed by atoms with Crippen LogP contribution in [0.3, 0.4) is 0 Å². The molecular formula is C32H40N2O7. The Kier molecular flexibility index (Phi) is 9.87. The van der Waals surface area contributed by atoms with Crippen molar-refractivity contribution in [2.24, 2.45) is 23.7 Å². The van der Waals surface area contributed by atoms with Gasteiger partial charge in [-0.2, -0.15) is 0 Å². The third-order valence-corrected chi connectivity index (χ3v) is 8.47. The molecule has 0 saturated heterocycles. The van der Waals surface area contributed by atoms with Gasteiger partial charge in [-0.15, -0.1) is 6.58 Å². The number of amides is 2. The Labute approximate surface area is 241 Å². The molecule has 9 heteroatoms. The van der Waals surface area contributed by atoms with Gasteiger partial charge >= 0.3 is 12.1 Å². The molecule has 3 N–H and O–H groups in total. The zero-order valence-corrected chi connectivity index (χ0v) is 23.8. The number of hydrogen-bond donors (Lipinski definition) is 3. The fourth-order valence-electron chi connectivity index (χ4n) is 5.99. The van der Waals surface area contributed by atoms with Crippen LogP contribution in [0.4, 0.5) is 4.79 Å². The molecule has 4 rings (SSSR count). The zero-order chi connectivity index (χ0) is 29.6. The van der Waals surface area contributed by atoms with Gasteiger partial charge in [0.15, 0.2) is 5.78 Å². The molecule has 0 bridgehead atoms. The highest BCUT2D eigenvalue weighted by molar-refractivity contribution is 5.96. The molecule has 6 atom stereocenters. The first-order valence-corrected chi connectivity index (χ1v) is 14.5. The number of benzene rings is 1. The molecule has 220 valence electrons. The van der Waals surface area contributed by atoms with E-state index < -0.39 is 47.5 Å². The summed E-state index contributed by atoms with van der Waals surface area (Å²) in [4.78, 5) is 52.1. The summed E-state index contributed by atoms with van der Waals surface area (Å²) < 4.78 is 11.5. The van der Waals surface area contributed by atoms with Crippen LogP contribution in [-0.4, -0.2) is 59.3 Å². The van der Waals surface area contributed by atoms with Crippen LogP contribution in [0.25, 0.3) is 0 Å². The molecule has 0 aromatic heterocycles. The molecule has 1 aromatic rings. The molecule has 0 radical (unpaired) electrons. The third-order valence-electron chi connectivity index (χ3n) is 8.47. The van der Waals surface area contributed by atoms with Crippen LogP contribution in [0.15, 0.2) is 43.0 Å². The Balaban J connectivity index is 1.47. The molecule has 3 fully saturated rings. The van der Waals surface area contributed by atoms with E-state index in [0.29, 0.717) is 0 Å². The predicted octanol–water partition coefficient (Wildman–Crippen LogP) is 3.86. The number of ketones is 1. The molecule has 2 amide bonds. The minimum atomic E-state index is -1.41. The predicted molar refractivity (Wildman–Crippen MR) is 152 cm³/mol. The second-order valence-electron chi connectivity index (χ2n) is 11.7. The number of alkyl carbamates (subject to hydrolysis) is 1. The molecular weight excluding hydrogens is 524 g/mol. The highest BCUT2D eigenvalue weighted by Crippen LogP contribution is 2.46. The van der Waals surface area contributed by atoms with Gasteiger partial charge in [-0.05, 0) is 63.0 Å². The fourth-order valence-corrected chi connectivity index (χ4v) is 5.99. The topological polar surface area (TPSA) is 131 Å². The first kappa shape index (κ1) is 30.3. The summed E-state index contributed by atoms with van der Waals surface area (Å²) in [7, 11) is 0. The largest absolute Gasteiger partial charge is 0.479 e. The molecule has 0 aliphatic heterocycles. The van der Waals surface area contributed by atoms with Gasteiger partial charge in [-0.3, -0.25) is 9.59 Å². The second kappa shape index (κ2) is 13.3. The van der Waals surface area contributed by atoms with Crippen molar-refractivity contribution < 1.29 is 33.8 Å². The second-order valence-corrected chi connectivity index (χ2v) is 11.7. The lowest BCUT2D eigenvalue weighted by Crippen LogP contribution is -2.51. The third kappa shape index (κ3) is 7.36. The molecule has 3 saturated carbocycles. The first-order chi connectivity index (χ1) is 19.6. The highest BCUT2D eigenvalue weighted by atomic mass is 16.6. The van der Waals surface area contributed by atoms with Crippen LogP contribution in [0, 0.1) is 35.5 Å². The van der Waals surface area contributed by atoms with Crippen LogP contribution < -0.4 is 10.6 Å². The monoisotopic (exact) mass is 564 g/mol. The van der Waals surface area contributed by atoms with E-state index in [1.807, 2.05) is 44.2 Å². The number of carbonyl (C=O) groups excluding carboxylic acids is 3. The van der Waals surface area contributed by atoms with E-state index in [9.17, 15) is 24.3 Å². The Morgan fingerprint density at radius 2 is 1.78 bits per heavy atom. The fraction of sp³-hybridized carbons (Fsp3) is 0.562. The minimum absolute atomic E-state index is 0.117. The first-order valence-electron chi connectivity index (χ1n) is 14.5. The number of rotatable bonds is 11. The maximum atomic E-state index is 13.9. The van der Waals surface area contributed by atoms with Crippen LogP contribution >= 0.6 is 0 Å². The van der Waals surface area contributed by atoms with Gasteiger partial charge in [0.2, 0.25) is 5.91 Å². The lowest BCUT2D eigenvalue weighted by atomic mass is 9.84. The van der Waals surface area contributed by atoms with Crippen molar-refractivity contribution in [1.82, 2.24) is 10.6 Å². The maximum absolute atomic E-state index is 13.9. The van der Waals surface area contributed by atoms with Crippen LogP contribution in [-0.2, 0) is 23.9 Å². The number of carboxylic acid groups (broad SMARTS) is 1. The average molecular weight is 565 g/mol. The number of Topliss-reactive ketones (excluding diaryl/α,β-unsaturated/α-hetero) is 1. The molecule has 3 aliphatic carbocycles. The minimum Gasteiger partial charge on any atom is -0.479 e. The Morgan fingerprint density at radius 1 is 1.10 bits per heavy atom. The van der Waals surface area contributed by atoms with Crippen molar-refractivity contribution in [3.63, 3.8) is 0 Å². The summed E-state index contributed by atoms with van der Waals surface area (Å²) >= 11 is 0. The molecule has 1 aromatic carbocycles. The lowest BCUT2D eigenvalue weighted by Gasteiger charge is -2.27. The van der Waals surface area contributed by atoms with Crippen molar-refractivity contribution in [2.75, 3.05) is 6.61 Å². The zero-order valence-electron chi connectivity index (χ0n) is 23.8. The van der Waals surface area contributed by atoms with E-state index in [-0.39, 0.29) is 49.6 Å².